The molecule has 116 valence electrons. The van der Waals surface area contributed by atoms with E-state index >= 15 is 0 Å². The summed E-state index contributed by atoms with van der Waals surface area (Å²) in [5.41, 5.74) is 3.38. The van der Waals surface area contributed by atoms with Crippen molar-refractivity contribution in [2.24, 2.45) is 0 Å². The summed E-state index contributed by atoms with van der Waals surface area (Å²) >= 11 is 7.08. The molecule has 0 amide bonds. The summed E-state index contributed by atoms with van der Waals surface area (Å²) in [4.78, 5) is 1.24. The molecule has 0 aliphatic heterocycles. The number of rotatable bonds is 6. The van der Waals surface area contributed by atoms with Crippen molar-refractivity contribution in [3.63, 3.8) is 0 Å². The summed E-state index contributed by atoms with van der Waals surface area (Å²) in [6.45, 7) is 2.21. The highest BCUT2D eigenvalue weighted by molar-refractivity contribution is 7.98. The third kappa shape index (κ3) is 5.35. The highest BCUT2D eigenvalue weighted by Gasteiger charge is 2.00. The van der Waals surface area contributed by atoms with Crippen molar-refractivity contribution in [2.75, 3.05) is 16.9 Å². The second kappa shape index (κ2) is 8.81. The molecule has 2 nitrogen and oxygen atoms in total. The second-order valence-corrected chi connectivity index (χ2v) is 6.40. The van der Waals surface area contributed by atoms with Gasteiger partial charge in [0, 0.05) is 16.3 Å². The first-order valence-electron chi connectivity index (χ1n) is 7.52. The minimum Gasteiger partial charge on any atom is -0.332 e. The number of thioether (sulfide) groups is 1. The molecule has 0 heterocycles. The van der Waals surface area contributed by atoms with Crippen LogP contribution in [0.15, 0.2) is 53.4 Å². The van der Waals surface area contributed by atoms with Crippen LogP contribution < -0.4 is 10.6 Å². The number of hydrogen-bond donors (Lipinski definition) is 2. The van der Waals surface area contributed by atoms with E-state index in [0.717, 1.165) is 17.8 Å². The summed E-state index contributed by atoms with van der Waals surface area (Å²) in [6, 6.07) is 16.7. The van der Waals surface area contributed by atoms with Gasteiger partial charge in [0.05, 0.1) is 0 Å². The lowest BCUT2D eigenvalue weighted by Crippen LogP contribution is -2.18. The van der Waals surface area contributed by atoms with Crippen molar-refractivity contribution in [1.29, 1.82) is 0 Å². The Kier molecular flexibility index (Phi) is 6.74. The molecule has 2 N–H and O–H groups in total. The Bertz CT molecular complexity index is 591. The first-order valence-corrected chi connectivity index (χ1v) is 9.15. The molecule has 0 fully saturated rings. The van der Waals surface area contributed by atoms with Crippen LogP contribution >= 0.6 is 24.0 Å². The van der Waals surface area contributed by atoms with E-state index in [0.29, 0.717) is 5.11 Å². The van der Waals surface area contributed by atoms with Gasteiger partial charge in [0.2, 0.25) is 0 Å². The van der Waals surface area contributed by atoms with Crippen LogP contribution in [-0.4, -0.2) is 11.4 Å². The van der Waals surface area contributed by atoms with E-state index in [-0.39, 0.29) is 0 Å². The summed E-state index contributed by atoms with van der Waals surface area (Å²) in [7, 11) is 0. The van der Waals surface area contributed by atoms with Crippen molar-refractivity contribution in [2.45, 2.75) is 31.1 Å². The van der Waals surface area contributed by atoms with Crippen molar-refractivity contribution in [3.05, 3.63) is 54.1 Å². The number of unbranched alkanes of at least 4 members (excludes halogenated alkanes) is 1. The zero-order valence-corrected chi connectivity index (χ0v) is 14.7. The fourth-order valence-corrected chi connectivity index (χ4v) is 2.75. The topological polar surface area (TPSA) is 24.1 Å². The van der Waals surface area contributed by atoms with Crippen LogP contribution in [0.1, 0.15) is 25.3 Å². The van der Waals surface area contributed by atoms with Gasteiger partial charge in [0.15, 0.2) is 5.11 Å². The molecule has 22 heavy (non-hydrogen) atoms. The SMILES string of the molecule is CCCCc1ccc(NC(=S)Nc2ccc(SC)cc2)cc1. The van der Waals surface area contributed by atoms with Crippen LogP contribution in [0.25, 0.3) is 0 Å². The van der Waals surface area contributed by atoms with E-state index in [1.807, 2.05) is 12.1 Å². The van der Waals surface area contributed by atoms with Crippen LogP contribution in [0.2, 0.25) is 0 Å². The zero-order valence-electron chi connectivity index (χ0n) is 13.1. The molecular weight excluding hydrogens is 308 g/mol. The number of hydrogen-bond acceptors (Lipinski definition) is 2. The number of thiocarbonyl (C=S) groups is 1. The maximum atomic E-state index is 5.35. The smallest absolute Gasteiger partial charge is 0.175 e. The van der Waals surface area contributed by atoms with Crippen molar-refractivity contribution in [1.82, 2.24) is 0 Å². The molecule has 2 rings (SSSR count). The molecule has 0 unspecified atom stereocenters. The standard InChI is InChI=1S/C18H22N2S2/c1-3-4-5-14-6-8-15(9-7-14)19-18(21)20-16-10-12-17(22-2)13-11-16/h6-13H,3-5H2,1-2H3,(H2,19,20,21). The average molecular weight is 331 g/mol. The lowest BCUT2D eigenvalue weighted by molar-refractivity contribution is 0.795. The van der Waals surface area contributed by atoms with Crippen molar-refractivity contribution in [3.8, 4) is 0 Å². The Morgan fingerprint density at radius 2 is 1.50 bits per heavy atom. The predicted molar refractivity (Wildman–Crippen MR) is 103 cm³/mol. The molecule has 0 aliphatic carbocycles. The van der Waals surface area contributed by atoms with Crippen LogP contribution in [-0.2, 0) is 6.42 Å². The predicted octanol–water partition coefficient (Wildman–Crippen LogP) is 5.56. The van der Waals surface area contributed by atoms with E-state index in [4.69, 9.17) is 12.2 Å². The molecule has 0 bridgehead atoms. The van der Waals surface area contributed by atoms with Gasteiger partial charge in [0.25, 0.3) is 0 Å². The molecule has 0 aliphatic rings. The second-order valence-electron chi connectivity index (χ2n) is 5.11. The monoisotopic (exact) mass is 330 g/mol. The third-order valence-electron chi connectivity index (χ3n) is 3.38. The summed E-state index contributed by atoms with van der Waals surface area (Å²) in [5.74, 6) is 0. The fraction of sp³-hybridized carbons (Fsp3) is 0.278. The normalized spacial score (nSPS) is 10.3. The van der Waals surface area contributed by atoms with Crippen molar-refractivity contribution < 1.29 is 0 Å². The van der Waals surface area contributed by atoms with Gasteiger partial charge in [-0.25, -0.2) is 0 Å². The van der Waals surface area contributed by atoms with Crippen LogP contribution in [0, 0.1) is 0 Å². The molecular formula is C18H22N2S2. The number of nitrogens with one attached hydrogen (secondary N) is 2. The molecule has 2 aromatic rings. The lowest BCUT2D eigenvalue weighted by atomic mass is 10.1. The molecule has 0 radical (unpaired) electrons. The van der Waals surface area contributed by atoms with Gasteiger partial charge in [-0.1, -0.05) is 25.5 Å². The van der Waals surface area contributed by atoms with Crippen molar-refractivity contribution >= 4 is 40.5 Å². The molecule has 0 saturated carbocycles. The van der Waals surface area contributed by atoms with Gasteiger partial charge >= 0.3 is 0 Å². The molecule has 0 aromatic heterocycles. The highest BCUT2D eigenvalue weighted by Crippen LogP contribution is 2.18. The van der Waals surface area contributed by atoms with Gasteiger partial charge in [-0.2, -0.15) is 0 Å². The molecule has 0 atom stereocenters. The van der Waals surface area contributed by atoms with E-state index in [9.17, 15) is 0 Å². The average Bonchev–Trinajstić information content (AvgIpc) is 2.55. The van der Waals surface area contributed by atoms with Gasteiger partial charge in [-0.3, -0.25) is 0 Å². The Labute approximate surface area is 142 Å². The quantitative estimate of drug-likeness (QED) is 0.535. The number of aryl methyl sites for hydroxylation is 1. The molecule has 0 spiro atoms. The van der Waals surface area contributed by atoms with Crippen LogP contribution in [0.4, 0.5) is 11.4 Å². The van der Waals surface area contributed by atoms with Gasteiger partial charge in [-0.15, -0.1) is 11.8 Å². The van der Waals surface area contributed by atoms with E-state index in [1.54, 1.807) is 11.8 Å². The first kappa shape index (κ1) is 16.8. The number of anilines is 2. The Morgan fingerprint density at radius 3 is 2.00 bits per heavy atom. The first-order chi connectivity index (χ1) is 10.7. The van der Waals surface area contributed by atoms with E-state index in [2.05, 4.69) is 60.2 Å². The fourth-order valence-electron chi connectivity index (χ4n) is 2.10. The number of benzene rings is 2. The lowest BCUT2D eigenvalue weighted by Gasteiger charge is -2.11. The van der Waals surface area contributed by atoms with Crippen LogP contribution in [0.5, 0.6) is 0 Å². The van der Waals surface area contributed by atoms with Crippen LogP contribution in [0.3, 0.4) is 0 Å². The minimum atomic E-state index is 0.609. The zero-order chi connectivity index (χ0) is 15.8. The molecule has 2 aromatic carbocycles. The van der Waals surface area contributed by atoms with Gasteiger partial charge < -0.3 is 10.6 Å². The molecule has 4 heteroatoms. The molecule has 0 saturated heterocycles. The Balaban J connectivity index is 1.88. The Morgan fingerprint density at radius 1 is 0.955 bits per heavy atom. The maximum Gasteiger partial charge on any atom is 0.175 e. The Hall–Kier alpha value is -1.52. The summed E-state index contributed by atoms with van der Waals surface area (Å²) in [5, 5.41) is 7.03. The van der Waals surface area contributed by atoms with Gasteiger partial charge in [-0.05, 0) is 73.3 Å². The summed E-state index contributed by atoms with van der Waals surface area (Å²) in [6.07, 6.45) is 5.67. The summed E-state index contributed by atoms with van der Waals surface area (Å²) < 4.78 is 0. The third-order valence-corrected chi connectivity index (χ3v) is 4.33. The maximum absolute atomic E-state index is 5.35. The van der Waals surface area contributed by atoms with E-state index < -0.39 is 0 Å². The largest absolute Gasteiger partial charge is 0.332 e. The minimum absolute atomic E-state index is 0.609. The van der Waals surface area contributed by atoms with Gasteiger partial charge in [0.1, 0.15) is 0 Å². The van der Waals surface area contributed by atoms with E-state index in [1.165, 1.54) is 23.3 Å². The highest BCUT2D eigenvalue weighted by atomic mass is 32.2.